The van der Waals surface area contributed by atoms with Crippen LogP contribution in [0.25, 0.3) is 10.2 Å². The molecule has 1 fully saturated rings. The Morgan fingerprint density at radius 1 is 1.45 bits per heavy atom. The van der Waals surface area contributed by atoms with Crippen molar-refractivity contribution in [1.29, 1.82) is 0 Å². The molecule has 0 atom stereocenters. The predicted molar refractivity (Wildman–Crippen MR) is 79.5 cm³/mol. The minimum Gasteiger partial charge on any atom is -0.380 e. The van der Waals surface area contributed by atoms with Gasteiger partial charge in [-0.15, -0.1) is 0 Å². The van der Waals surface area contributed by atoms with Crippen LogP contribution in [0.5, 0.6) is 0 Å². The number of carbonyl (C=O) groups excluding carboxylic acids is 1. The summed E-state index contributed by atoms with van der Waals surface area (Å²) in [6.07, 6.45) is 1.71. The van der Waals surface area contributed by atoms with E-state index in [1.54, 1.807) is 4.57 Å². The van der Waals surface area contributed by atoms with Crippen LogP contribution in [-0.4, -0.2) is 23.7 Å². The first-order valence-corrected chi connectivity index (χ1v) is 8.06. The van der Waals surface area contributed by atoms with Gasteiger partial charge in [-0.2, -0.15) is 4.99 Å². The van der Waals surface area contributed by atoms with Crippen LogP contribution >= 0.6 is 11.3 Å². The molecule has 1 aromatic heterocycles. The van der Waals surface area contributed by atoms with Gasteiger partial charge in [-0.3, -0.25) is 4.79 Å². The average molecular weight is 326 g/mol. The molecule has 0 radical (unpaired) electrons. The molecule has 1 heterocycles. The summed E-state index contributed by atoms with van der Waals surface area (Å²) in [7, 11) is 0. The maximum atomic E-state index is 14.1. The largest absolute Gasteiger partial charge is 0.380 e. The molecule has 7 heteroatoms. The molecule has 1 aromatic carbocycles. The Balaban J connectivity index is 2.10. The monoisotopic (exact) mass is 326 g/mol. The smallest absolute Gasteiger partial charge is 0.251 e. The Bertz CT molecular complexity index is 778. The Labute approximate surface area is 130 Å². The predicted octanol–water partition coefficient (Wildman–Crippen LogP) is 2.85. The number of benzene rings is 1. The third-order valence-corrected chi connectivity index (χ3v) is 4.52. The molecule has 0 saturated heterocycles. The van der Waals surface area contributed by atoms with Crippen LogP contribution in [0, 0.1) is 17.6 Å². The fourth-order valence-corrected chi connectivity index (χ4v) is 3.34. The molecule has 3 rings (SSSR count). The topological polar surface area (TPSA) is 43.6 Å². The number of amides is 1. The molecule has 0 bridgehead atoms. The van der Waals surface area contributed by atoms with E-state index in [0.717, 1.165) is 30.2 Å². The summed E-state index contributed by atoms with van der Waals surface area (Å²) in [6.45, 7) is 3.17. The van der Waals surface area contributed by atoms with Crippen LogP contribution in [0.1, 0.15) is 19.8 Å². The number of ether oxygens (including phenoxy) is 1. The van der Waals surface area contributed by atoms with Gasteiger partial charge >= 0.3 is 0 Å². The molecule has 2 aromatic rings. The zero-order chi connectivity index (χ0) is 15.7. The van der Waals surface area contributed by atoms with E-state index in [1.807, 2.05) is 6.92 Å². The number of thiazole rings is 1. The summed E-state index contributed by atoms with van der Waals surface area (Å²) in [5.41, 5.74) is 0.272. The summed E-state index contributed by atoms with van der Waals surface area (Å²) in [5, 5.41) is 0. The van der Waals surface area contributed by atoms with Crippen molar-refractivity contribution >= 4 is 27.5 Å². The van der Waals surface area contributed by atoms with E-state index < -0.39 is 11.6 Å². The van der Waals surface area contributed by atoms with Crippen LogP contribution in [0.15, 0.2) is 17.1 Å². The summed E-state index contributed by atoms with van der Waals surface area (Å²) in [4.78, 5) is 16.4. The van der Waals surface area contributed by atoms with Crippen molar-refractivity contribution in [2.75, 3.05) is 13.2 Å². The van der Waals surface area contributed by atoms with Gasteiger partial charge in [0.15, 0.2) is 10.6 Å². The lowest BCUT2D eigenvalue weighted by atomic mass is 10.3. The Hall–Kier alpha value is -1.60. The van der Waals surface area contributed by atoms with Crippen molar-refractivity contribution in [3.63, 3.8) is 0 Å². The SMILES string of the molecule is CCOCCn1c(=NC(=O)C2CC2)sc2cc(F)cc(F)c21. The molecule has 1 aliphatic rings. The molecule has 0 N–H and O–H groups in total. The van der Waals surface area contributed by atoms with Gasteiger partial charge in [0.25, 0.3) is 5.91 Å². The first kappa shape index (κ1) is 15.3. The molecular formula is C15H16F2N2O2S. The van der Waals surface area contributed by atoms with Crippen molar-refractivity contribution in [3.05, 3.63) is 28.6 Å². The minimum atomic E-state index is -0.650. The Morgan fingerprint density at radius 3 is 2.91 bits per heavy atom. The average Bonchev–Trinajstić information content (AvgIpc) is 3.24. The molecule has 22 heavy (non-hydrogen) atoms. The maximum absolute atomic E-state index is 14.1. The lowest BCUT2D eigenvalue weighted by Gasteiger charge is -2.06. The van der Waals surface area contributed by atoms with Crippen LogP contribution in [0.2, 0.25) is 0 Å². The van der Waals surface area contributed by atoms with Crippen LogP contribution < -0.4 is 4.80 Å². The van der Waals surface area contributed by atoms with Gasteiger partial charge in [0.1, 0.15) is 5.82 Å². The zero-order valence-electron chi connectivity index (χ0n) is 12.1. The number of rotatable bonds is 5. The molecule has 0 spiro atoms. The number of nitrogens with zero attached hydrogens (tertiary/aromatic N) is 2. The fraction of sp³-hybridized carbons (Fsp3) is 0.467. The third kappa shape index (κ3) is 3.10. The first-order chi connectivity index (χ1) is 10.6. The van der Waals surface area contributed by atoms with Gasteiger partial charge in [-0.1, -0.05) is 11.3 Å². The van der Waals surface area contributed by atoms with Gasteiger partial charge in [-0.05, 0) is 25.8 Å². The lowest BCUT2D eigenvalue weighted by Crippen LogP contribution is -2.20. The number of carbonyl (C=O) groups is 1. The van der Waals surface area contributed by atoms with Crippen molar-refractivity contribution in [1.82, 2.24) is 4.57 Å². The minimum absolute atomic E-state index is 0.00728. The highest BCUT2D eigenvalue weighted by Gasteiger charge is 2.29. The third-order valence-electron chi connectivity index (χ3n) is 3.49. The molecule has 1 amide bonds. The maximum Gasteiger partial charge on any atom is 0.251 e. The van der Waals surface area contributed by atoms with E-state index in [-0.39, 0.29) is 17.3 Å². The number of fused-ring (bicyclic) bond motifs is 1. The lowest BCUT2D eigenvalue weighted by molar-refractivity contribution is -0.119. The van der Waals surface area contributed by atoms with Crippen LogP contribution in [0.4, 0.5) is 8.78 Å². The number of halogens is 2. The van der Waals surface area contributed by atoms with Crippen molar-refractivity contribution in [3.8, 4) is 0 Å². The molecule has 118 valence electrons. The summed E-state index contributed by atoms with van der Waals surface area (Å²) >= 11 is 1.12. The van der Waals surface area contributed by atoms with E-state index in [4.69, 9.17) is 4.74 Å². The number of hydrogen-bond donors (Lipinski definition) is 0. The van der Waals surface area contributed by atoms with Crippen molar-refractivity contribution < 1.29 is 18.3 Å². The van der Waals surface area contributed by atoms with E-state index >= 15 is 0 Å². The molecule has 0 aliphatic heterocycles. The van der Waals surface area contributed by atoms with Gasteiger partial charge in [0.2, 0.25) is 0 Å². The second-order valence-electron chi connectivity index (χ2n) is 5.19. The summed E-state index contributed by atoms with van der Waals surface area (Å²) in [5.74, 6) is -1.48. The standard InChI is InChI=1S/C15H16F2N2O2S/c1-2-21-6-5-19-13-11(17)7-10(16)8-12(13)22-15(19)18-14(20)9-3-4-9/h7-9H,2-6H2,1H3. The highest BCUT2D eigenvalue weighted by atomic mass is 32.1. The van der Waals surface area contributed by atoms with Crippen LogP contribution in [-0.2, 0) is 16.1 Å². The molecule has 0 unspecified atom stereocenters. The van der Waals surface area contributed by atoms with Gasteiger partial charge < -0.3 is 9.30 Å². The highest BCUT2D eigenvalue weighted by Crippen LogP contribution is 2.30. The van der Waals surface area contributed by atoms with E-state index in [9.17, 15) is 13.6 Å². The van der Waals surface area contributed by atoms with E-state index in [1.165, 1.54) is 6.07 Å². The van der Waals surface area contributed by atoms with Gasteiger partial charge in [-0.25, -0.2) is 8.78 Å². The van der Waals surface area contributed by atoms with Crippen LogP contribution in [0.3, 0.4) is 0 Å². The van der Waals surface area contributed by atoms with Gasteiger partial charge in [0, 0.05) is 25.1 Å². The normalized spacial score (nSPS) is 15.7. The van der Waals surface area contributed by atoms with Crippen molar-refractivity contribution in [2.45, 2.75) is 26.3 Å². The summed E-state index contributed by atoms with van der Waals surface area (Å²) in [6, 6.07) is 2.11. The molecule has 1 aliphatic carbocycles. The number of hydrogen-bond acceptors (Lipinski definition) is 3. The van der Waals surface area contributed by atoms with E-state index in [0.29, 0.717) is 29.3 Å². The Morgan fingerprint density at radius 2 is 2.23 bits per heavy atom. The zero-order valence-corrected chi connectivity index (χ0v) is 13.0. The first-order valence-electron chi connectivity index (χ1n) is 7.25. The number of aromatic nitrogens is 1. The van der Waals surface area contributed by atoms with Crippen molar-refractivity contribution in [2.24, 2.45) is 10.9 Å². The summed E-state index contributed by atoms with van der Waals surface area (Å²) < 4.78 is 34.8. The van der Waals surface area contributed by atoms with E-state index in [2.05, 4.69) is 4.99 Å². The quantitative estimate of drug-likeness (QED) is 0.793. The molecular weight excluding hydrogens is 310 g/mol. The second-order valence-corrected chi connectivity index (χ2v) is 6.20. The Kier molecular flexibility index (Phi) is 4.35. The fourth-order valence-electron chi connectivity index (χ4n) is 2.24. The molecule has 1 saturated carbocycles. The molecule has 4 nitrogen and oxygen atoms in total. The van der Waals surface area contributed by atoms with Gasteiger partial charge in [0.05, 0.1) is 16.8 Å². The second kappa shape index (κ2) is 6.26. The highest BCUT2D eigenvalue weighted by molar-refractivity contribution is 7.16.